The summed E-state index contributed by atoms with van der Waals surface area (Å²) in [6.45, 7) is 4.42. The Bertz CT molecular complexity index is 369. The van der Waals surface area contributed by atoms with E-state index in [-0.39, 0.29) is 17.6 Å². The van der Waals surface area contributed by atoms with Crippen LogP contribution in [0.2, 0.25) is 6.82 Å². The fourth-order valence-corrected chi connectivity index (χ4v) is 1.39. The molecule has 0 saturated heterocycles. The highest BCUT2D eigenvalue weighted by atomic mass is 16.5. The van der Waals surface area contributed by atoms with Crippen molar-refractivity contribution in [1.82, 2.24) is 10.6 Å². The second-order valence-corrected chi connectivity index (χ2v) is 4.23. The van der Waals surface area contributed by atoms with Crippen molar-refractivity contribution in [2.45, 2.75) is 26.6 Å². The van der Waals surface area contributed by atoms with Gasteiger partial charge in [0.2, 0.25) is 11.8 Å². The van der Waals surface area contributed by atoms with Gasteiger partial charge in [-0.1, -0.05) is 6.82 Å². The first-order chi connectivity index (χ1) is 9.51. The third kappa shape index (κ3) is 9.32. The zero-order valence-electron chi connectivity index (χ0n) is 12.3. The van der Waals surface area contributed by atoms with E-state index in [0.717, 1.165) is 0 Å². The molecule has 2 amide bonds. The molecule has 0 saturated carbocycles. The van der Waals surface area contributed by atoms with Crippen LogP contribution < -0.4 is 10.6 Å². The average Bonchev–Trinajstić information content (AvgIpc) is 2.40. The summed E-state index contributed by atoms with van der Waals surface area (Å²) in [5.41, 5.74) is 0.296. The maximum atomic E-state index is 11.7. The number of nitrogens with one attached hydrogen (secondary N) is 2. The van der Waals surface area contributed by atoms with E-state index in [1.54, 1.807) is 21.2 Å². The Labute approximate surface area is 120 Å². The Morgan fingerprint density at radius 1 is 1.20 bits per heavy atom. The highest BCUT2D eigenvalue weighted by molar-refractivity contribution is 6.53. The lowest BCUT2D eigenvalue weighted by Gasteiger charge is -2.07. The van der Waals surface area contributed by atoms with Crippen molar-refractivity contribution in [3.63, 3.8) is 0 Å². The van der Waals surface area contributed by atoms with E-state index >= 15 is 0 Å². The van der Waals surface area contributed by atoms with Gasteiger partial charge >= 0.3 is 0 Å². The van der Waals surface area contributed by atoms with Gasteiger partial charge in [0.05, 0.1) is 6.61 Å². The third-order valence-corrected chi connectivity index (χ3v) is 2.46. The van der Waals surface area contributed by atoms with E-state index < -0.39 is 0 Å². The van der Waals surface area contributed by atoms with Crippen molar-refractivity contribution in [3.8, 4) is 0 Å². The van der Waals surface area contributed by atoms with Gasteiger partial charge in [-0.15, -0.1) is 0 Å². The van der Waals surface area contributed by atoms with Crippen molar-refractivity contribution in [3.05, 3.63) is 11.5 Å². The molecule has 0 aromatic carbocycles. The van der Waals surface area contributed by atoms with Gasteiger partial charge in [-0.2, -0.15) is 0 Å². The molecular formula is C13H22BN2O4. The molecule has 6 nitrogen and oxygen atoms in total. The van der Waals surface area contributed by atoms with Crippen LogP contribution in [0.4, 0.5) is 0 Å². The van der Waals surface area contributed by atoms with E-state index in [4.69, 9.17) is 4.74 Å². The molecule has 20 heavy (non-hydrogen) atoms. The number of ether oxygens (including phenoxy) is 1. The summed E-state index contributed by atoms with van der Waals surface area (Å²) in [4.78, 5) is 34.0. The molecule has 1 radical (unpaired) electrons. The Morgan fingerprint density at radius 2 is 1.90 bits per heavy atom. The van der Waals surface area contributed by atoms with E-state index in [0.29, 0.717) is 38.0 Å². The van der Waals surface area contributed by atoms with Gasteiger partial charge in [0.15, 0.2) is 7.28 Å². The first kappa shape index (κ1) is 18.4. The first-order valence-electron chi connectivity index (χ1n) is 6.56. The van der Waals surface area contributed by atoms with Gasteiger partial charge in [0.25, 0.3) is 0 Å². The fraction of sp³-hybridized carbons (Fsp3) is 0.615. The van der Waals surface area contributed by atoms with Crippen molar-refractivity contribution >= 4 is 24.9 Å². The average molecular weight is 281 g/mol. The molecule has 0 aromatic rings. The zero-order valence-corrected chi connectivity index (χ0v) is 12.3. The Kier molecular flexibility index (Phi) is 10.3. The Morgan fingerprint density at radius 3 is 2.45 bits per heavy atom. The standard InChI is InChI=1S/C13H22BN2O4/c1-10(17)5-4-6-15-12(18)9-11(14-2)13(19)16-7-8-20-3/h9H,4-8H2,1-3H3,(H,15,18)(H,16,19)/b11-9+. The molecule has 0 aliphatic carbocycles. The Hall–Kier alpha value is -1.63. The molecule has 0 rings (SSSR count). The molecule has 0 bridgehead atoms. The molecule has 0 aliphatic heterocycles. The molecule has 0 unspecified atom stereocenters. The second-order valence-electron chi connectivity index (χ2n) is 4.23. The number of carbonyl (C=O) groups excluding carboxylic acids is 3. The van der Waals surface area contributed by atoms with Gasteiger partial charge < -0.3 is 20.2 Å². The van der Waals surface area contributed by atoms with Crippen LogP contribution in [0.1, 0.15) is 19.8 Å². The summed E-state index contributed by atoms with van der Waals surface area (Å²) in [5.74, 6) is -0.568. The maximum absolute atomic E-state index is 11.7. The van der Waals surface area contributed by atoms with Crippen LogP contribution in [0, 0.1) is 0 Å². The number of hydrogen-bond acceptors (Lipinski definition) is 4. The SMILES string of the molecule is C[B]/C(=C/C(=O)NCCCC(C)=O)C(=O)NCCOC. The largest absolute Gasteiger partial charge is 0.383 e. The molecule has 0 spiro atoms. The first-order valence-corrected chi connectivity index (χ1v) is 6.56. The van der Waals surface area contributed by atoms with Crippen LogP contribution in [0.25, 0.3) is 0 Å². The molecule has 0 aliphatic rings. The number of methoxy groups -OCH3 is 1. The summed E-state index contributed by atoms with van der Waals surface area (Å²) in [7, 11) is 3.11. The number of hydrogen-bond donors (Lipinski definition) is 2. The van der Waals surface area contributed by atoms with Crippen molar-refractivity contribution in [2.75, 3.05) is 26.8 Å². The minimum Gasteiger partial charge on any atom is -0.383 e. The Balaban J connectivity index is 4.16. The normalized spacial score (nSPS) is 10.8. The molecule has 0 atom stereocenters. The maximum Gasteiger partial charge on any atom is 0.243 e. The molecule has 0 heterocycles. The van der Waals surface area contributed by atoms with Crippen LogP contribution in [0.5, 0.6) is 0 Å². The van der Waals surface area contributed by atoms with Crippen LogP contribution in [0.3, 0.4) is 0 Å². The van der Waals surface area contributed by atoms with E-state index in [9.17, 15) is 14.4 Å². The topological polar surface area (TPSA) is 84.5 Å². The molecule has 111 valence electrons. The van der Waals surface area contributed by atoms with Gasteiger partial charge in [-0.3, -0.25) is 9.59 Å². The summed E-state index contributed by atoms with van der Waals surface area (Å²) in [6.07, 6.45) is 2.28. The fourth-order valence-electron chi connectivity index (χ4n) is 1.39. The molecular weight excluding hydrogens is 259 g/mol. The minimum absolute atomic E-state index is 0.0925. The molecule has 0 fully saturated rings. The van der Waals surface area contributed by atoms with Crippen molar-refractivity contribution in [2.24, 2.45) is 0 Å². The monoisotopic (exact) mass is 281 g/mol. The minimum atomic E-state index is -0.344. The van der Waals surface area contributed by atoms with Crippen LogP contribution in [-0.2, 0) is 19.1 Å². The summed E-state index contributed by atoms with van der Waals surface area (Å²) >= 11 is 0. The van der Waals surface area contributed by atoms with Crippen LogP contribution >= 0.6 is 0 Å². The highest BCUT2D eigenvalue weighted by Crippen LogP contribution is 1.93. The van der Waals surface area contributed by atoms with Gasteiger partial charge in [0, 0.05) is 32.7 Å². The van der Waals surface area contributed by atoms with E-state index in [1.807, 2.05) is 0 Å². The molecule has 2 N–H and O–H groups in total. The van der Waals surface area contributed by atoms with E-state index in [1.165, 1.54) is 13.0 Å². The second kappa shape index (κ2) is 11.2. The van der Waals surface area contributed by atoms with Gasteiger partial charge in [-0.05, 0) is 18.8 Å². The zero-order chi connectivity index (χ0) is 15.4. The predicted octanol–water partition coefficient (Wildman–Crippen LogP) is -0.129. The summed E-state index contributed by atoms with van der Waals surface area (Å²) in [6, 6.07) is 0. The lowest BCUT2D eigenvalue weighted by Crippen LogP contribution is -2.31. The smallest absolute Gasteiger partial charge is 0.243 e. The number of amides is 2. The summed E-state index contributed by atoms with van der Waals surface area (Å²) < 4.78 is 4.82. The van der Waals surface area contributed by atoms with Crippen LogP contribution in [0.15, 0.2) is 11.5 Å². The number of rotatable bonds is 10. The summed E-state index contributed by atoms with van der Waals surface area (Å²) in [5, 5.41) is 5.27. The lowest BCUT2D eigenvalue weighted by atomic mass is 9.71. The highest BCUT2D eigenvalue weighted by Gasteiger charge is 2.09. The number of carbonyl (C=O) groups is 3. The van der Waals surface area contributed by atoms with Gasteiger partial charge in [0.1, 0.15) is 5.78 Å². The third-order valence-electron chi connectivity index (χ3n) is 2.46. The van der Waals surface area contributed by atoms with Crippen molar-refractivity contribution in [1.29, 1.82) is 0 Å². The number of Topliss-reactive ketones (excluding diaryl/α,β-unsaturated/α-hetero) is 1. The van der Waals surface area contributed by atoms with Crippen molar-refractivity contribution < 1.29 is 19.1 Å². The van der Waals surface area contributed by atoms with E-state index in [2.05, 4.69) is 10.6 Å². The predicted molar refractivity (Wildman–Crippen MR) is 77.5 cm³/mol. The quantitative estimate of drug-likeness (QED) is 0.332. The molecule has 0 aromatic heterocycles. The number of ketones is 1. The molecule has 7 heteroatoms. The lowest BCUT2D eigenvalue weighted by molar-refractivity contribution is -0.119. The van der Waals surface area contributed by atoms with Crippen LogP contribution in [-0.4, -0.2) is 51.7 Å². The van der Waals surface area contributed by atoms with Gasteiger partial charge in [-0.25, -0.2) is 0 Å².